The Morgan fingerprint density at radius 2 is 2.30 bits per heavy atom. The van der Waals surface area contributed by atoms with Crippen molar-refractivity contribution >= 4 is 16.8 Å². The minimum atomic E-state index is -0.308. The van der Waals surface area contributed by atoms with Crippen molar-refractivity contribution in [1.82, 2.24) is 9.88 Å². The van der Waals surface area contributed by atoms with Gasteiger partial charge in [0.05, 0.1) is 18.9 Å². The van der Waals surface area contributed by atoms with Gasteiger partial charge in [-0.3, -0.25) is 4.79 Å². The molecule has 1 amide bonds. The molecule has 0 saturated carbocycles. The predicted molar refractivity (Wildman–Crippen MR) is 74.4 cm³/mol. The van der Waals surface area contributed by atoms with Crippen LogP contribution in [0, 0.1) is 17.1 Å². The third kappa shape index (κ3) is 2.80. The summed E-state index contributed by atoms with van der Waals surface area (Å²) in [5.74, 6) is -0.366. The quantitative estimate of drug-likeness (QED) is 0.930. The van der Waals surface area contributed by atoms with Crippen molar-refractivity contribution in [3.63, 3.8) is 0 Å². The lowest BCUT2D eigenvalue weighted by Crippen LogP contribution is -2.35. The van der Waals surface area contributed by atoms with E-state index in [1.54, 1.807) is 24.2 Å². The van der Waals surface area contributed by atoms with Crippen LogP contribution in [-0.2, 0) is 11.2 Å². The lowest BCUT2D eigenvalue weighted by Gasteiger charge is -2.22. The normalized spacial score (nSPS) is 12.1. The van der Waals surface area contributed by atoms with Crippen LogP contribution in [-0.4, -0.2) is 28.9 Å². The van der Waals surface area contributed by atoms with E-state index < -0.39 is 0 Å². The Bertz CT molecular complexity index is 671. The van der Waals surface area contributed by atoms with Crippen LogP contribution in [0.3, 0.4) is 0 Å². The lowest BCUT2D eigenvalue weighted by atomic mass is 10.1. The Labute approximate surface area is 116 Å². The summed E-state index contributed by atoms with van der Waals surface area (Å²) in [5, 5.41) is 9.51. The van der Waals surface area contributed by atoms with E-state index in [9.17, 15) is 9.18 Å². The first-order chi connectivity index (χ1) is 9.52. The number of aromatic nitrogens is 1. The SMILES string of the molecule is C[C@H](CC#N)N(C)C(=O)Cc1c[nH]c2cc(F)ccc12. The zero-order valence-corrected chi connectivity index (χ0v) is 11.5. The molecule has 0 aliphatic heterocycles. The number of carbonyl (C=O) groups excluding carboxylic acids is 1. The molecule has 4 nitrogen and oxygen atoms in total. The second-order valence-electron chi connectivity index (χ2n) is 4.90. The molecule has 0 aliphatic rings. The molecule has 2 aromatic rings. The first-order valence-electron chi connectivity index (χ1n) is 6.41. The number of nitrogens with zero attached hydrogens (tertiary/aromatic N) is 2. The van der Waals surface area contributed by atoms with E-state index in [4.69, 9.17) is 5.26 Å². The molecule has 104 valence electrons. The number of amides is 1. The number of fused-ring (bicyclic) bond motifs is 1. The van der Waals surface area contributed by atoms with Gasteiger partial charge in [0, 0.05) is 30.2 Å². The summed E-state index contributed by atoms with van der Waals surface area (Å²) in [4.78, 5) is 16.7. The lowest BCUT2D eigenvalue weighted by molar-refractivity contribution is -0.130. The number of likely N-dealkylation sites (N-methyl/N-ethyl adjacent to an activating group) is 1. The molecule has 0 bridgehead atoms. The number of hydrogen-bond acceptors (Lipinski definition) is 2. The van der Waals surface area contributed by atoms with Gasteiger partial charge < -0.3 is 9.88 Å². The largest absolute Gasteiger partial charge is 0.361 e. The van der Waals surface area contributed by atoms with Crippen LogP contribution in [0.2, 0.25) is 0 Å². The van der Waals surface area contributed by atoms with Gasteiger partial charge in [0.1, 0.15) is 5.82 Å². The summed E-state index contributed by atoms with van der Waals surface area (Å²) in [7, 11) is 1.69. The monoisotopic (exact) mass is 273 g/mol. The van der Waals surface area contributed by atoms with E-state index in [2.05, 4.69) is 11.1 Å². The number of benzene rings is 1. The molecule has 1 aromatic heterocycles. The Balaban J connectivity index is 2.16. The zero-order chi connectivity index (χ0) is 14.7. The molecule has 0 spiro atoms. The third-order valence-electron chi connectivity index (χ3n) is 3.51. The van der Waals surface area contributed by atoms with Crippen LogP contribution in [0.4, 0.5) is 4.39 Å². The van der Waals surface area contributed by atoms with E-state index in [1.807, 2.05) is 6.92 Å². The molecule has 2 rings (SSSR count). The number of nitrogens with one attached hydrogen (secondary N) is 1. The van der Waals surface area contributed by atoms with Crippen molar-refractivity contribution in [3.05, 3.63) is 35.8 Å². The van der Waals surface area contributed by atoms with Gasteiger partial charge in [0.15, 0.2) is 0 Å². The number of carbonyl (C=O) groups is 1. The molecular weight excluding hydrogens is 257 g/mol. The maximum atomic E-state index is 13.1. The fourth-order valence-corrected chi connectivity index (χ4v) is 2.11. The number of aromatic amines is 1. The molecule has 0 fully saturated rings. The van der Waals surface area contributed by atoms with Crippen LogP contribution in [0.5, 0.6) is 0 Å². The fourth-order valence-electron chi connectivity index (χ4n) is 2.11. The Morgan fingerprint density at radius 3 is 3.00 bits per heavy atom. The Hall–Kier alpha value is -2.35. The van der Waals surface area contributed by atoms with Crippen LogP contribution >= 0.6 is 0 Å². The standard InChI is InChI=1S/C15H16FN3O/c1-10(5-6-17)19(2)15(20)7-11-9-18-14-8-12(16)3-4-13(11)14/h3-4,8-10,18H,5,7H2,1-2H3/t10-/m1/s1. The highest BCUT2D eigenvalue weighted by Crippen LogP contribution is 2.20. The zero-order valence-electron chi connectivity index (χ0n) is 11.5. The molecule has 1 heterocycles. The first-order valence-corrected chi connectivity index (χ1v) is 6.41. The van der Waals surface area contributed by atoms with Gasteiger partial charge in [-0.05, 0) is 30.7 Å². The molecule has 0 radical (unpaired) electrons. The van der Waals surface area contributed by atoms with Gasteiger partial charge in [-0.15, -0.1) is 0 Å². The highest BCUT2D eigenvalue weighted by Gasteiger charge is 2.17. The topological polar surface area (TPSA) is 59.9 Å². The fraction of sp³-hybridized carbons (Fsp3) is 0.333. The summed E-state index contributed by atoms with van der Waals surface area (Å²) in [6.07, 6.45) is 2.27. The second-order valence-corrected chi connectivity index (χ2v) is 4.90. The maximum Gasteiger partial charge on any atom is 0.227 e. The third-order valence-corrected chi connectivity index (χ3v) is 3.51. The maximum absolute atomic E-state index is 13.1. The van der Waals surface area contributed by atoms with Crippen LogP contribution < -0.4 is 0 Å². The van der Waals surface area contributed by atoms with Crippen molar-refractivity contribution in [1.29, 1.82) is 5.26 Å². The van der Waals surface area contributed by atoms with Gasteiger partial charge in [-0.1, -0.05) is 0 Å². The van der Waals surface area contributed by atoms with E-state index in [0.29, 0.717) is 11.9 Å². The Morgan fingerprint density at radius 1 is 1.55 bits per heavy atom. The molecule has 5 heteroatoms. The van der Waals surface area contributed by atoms with E-state index in [0.717, 1.165) is 10.9 Å². The highest BCUT2D eigenvalue weighted by molar-refractivity contribution is 5.88. The second kappa shape index (κ2) is 5.74. The van der Waals surface area contributed by atoms with Crippen LogP contribution in [0.25, 0.3) is 10.9 Å². The summed E-state index contributed by atoms with van der Waals surface area (Å²) in [5.41, 5.74) is 1.52. The average Bonchev–Trinajstić information content (AvgIpc) is 2.80. The van der Waals surface area contributed by atoms with Crippen molar-refractivity contribution < 1.29 is 9.18 Å². The molecule has 1 N–H and O–H groups in total. The van der Waals surface area contributed by atoms with Crippen molar-refractivity contribution in [2.45, 2.75) is 25.8 Å². The van der Waals surface area contributed by atoms with Gasteiger partial charge in [0.25, 0.3) is 0 Å². The first kappa shape index (κ1) is 14.1. The molecule has 1 aromatic carbocycles. The van der Waals surface area contributed by atoms with E-state index >= 15 is 0 Å². The molecule has 20 heavy (non-hydrogen) atoms. The summed E-state index contributed by atoms with van der Waals surface area (Å²) < 4.78 is 13.1. The van der Waals surface area contributed by atoms with Crippen LogP contribution in [0.1, 0.15) is 18.9 Å². The van der Waals surface area contributed by atoms with Gasteiger partial charge in [-0.25, -0.2) is 4.39 Å². The van der Waals surface area contributed by atoms with Crippen molar-refractivity contribution in [2.24, 2.45) is 0 Å². The van der Waals surface area contributed by atoms with Gasteiger partial charge >= 0.3 is 0 Å². The highest BCUT2D eigenvalue weighted by atomic mass is 19.1. The number of H-pyrrole nitrogens is 1. The average molecular weight is 273 g/mol. The smallest absolute Gasteiger partial charge is 0.227 e. The summed E-state index contributed by atoms with van der Waals surface area (Å²) in [6, 6.07) is 6.40. The van der Waals surface area contributed by atoms with Crippen molar-refractivity contribution in [2.75, 3.05) is 7.05 Å². The predicted octanol–water partition coefficient (Wildman–Crippen LogP) is 2.61. The van der Waals surface area contributed by atoms with Crippen molar-refractivity contribution in [3.8, 4) is 6.07 Å². The number of rotatable bonds is 4. The number of nitriles is 1. The summed E-state index contributed by atoms with van der Waals surface area (Å²) in [6.45, 7) is 1.84. The van der Waals surface area contributed by atoms with Gasteiger partial charge in [0.2, 0.25) is 5.91 Å². The van der Waals surface area contributed by atoms with E-state index in [1.165, 1.54) is 12.1 Å². The van der Waals surface area contributed by atoms with E-state index in [-0.39, 0.29) is 24.2 Å². The molecule has 0 aliphatic carbocycles. The molecule has 0 unspecified atom stereocenters. The minimum absolute atomic E-state index is 0.0574. The molecule has 1 atom stereocenters. The number of hydrogen-bond donors (Lipinski definition) is 1. The van der Waals surface area contributed by atoms with Gasteiger partial charge in [-0.2, -0.15) is 5.26 Å². The molecule has 0 saturated heterocycles. The minimum Gasteiger partial charge on any atom is -0.361 e. The molecular formula is C15H16FN3O. The summed E-state index contributed by atoms with van der Waals surface area (Å²) >= 11 is 0. The Kier molecular flexibility index (Phi) is 4.04. The van der Waals surface area contributed by atoms with Crippen LogP contribution in [0.15, 0.2) is 24.4 Å². The number of halogens is 1.